The molecule has 3 aromatic rings. The quantitative estimate of drug-likeness (QED) is 0.336. The molecule has 0 unspecified atom stereocenters. The molecule has 1 saturated carbocycles. The number of aromatic nitrogens is 3. The van der Waals surface area contributed by atoms with Crippen molar-refractivity contribution in [2.45, 2.75) is 77.8 Å². The van der Waals surface area contributed by atoms with Gasteiger partial charge in [-0.1, -0.05) is 0 Å². The fourth-order valence-corrected chi connectivity index (χ4v) is 7.60. The number of pyridine rings is 1. The summed E-state index contributed by atoms with van der Waals surface area (Å²) in [5.74, 6) is 1.55. The van der Waals surface area contributed by atoms with Crippen LogP contribution in [0.5, 0.6) is 17.2 Å². The molecular formula is C36H46FN7O4. The summed E-state index contributed by atoms with van der Waals surface area (Å²) in [4.78, 5) is 33.1. The number of fused-ring (bicyclic) bond motifs is 1. The SMILES string of the molecule is CCN(C(=O)c1cc(F)ccc1Oc1cncnc1N1CC2(CC(Oc3ccnc4c3CN(C[C@@H]3CN[C@@H](C)CO3)CC4)C2)C1)C(C)C. The van der Waals surface area contributed by atoms with Gasteiger partial charge in [0.25, 0.3) is 5.91 Å². The largest absolute Gasteiger partial charge is 0.490 e. The van der Waals surface area contributed by atoms with E-state index >= 15 is 0 Å². The first-order valence-corrected chi connectivity index (χ1v) is 17.2. The van der Waals surface area contributed by atoms with Gasteiger partial charge in [-0.15, -0.1) is 0 Å². The zero-order chi connectivity index (χ0) is 33.4. The summed E-state index contributed by atoms with van der Waals surface area (Å²) in [6.07, 6.45) is 8.17. The van der Waals surface area contributed by atoms with Crippen LogP contribution in [0.3, 0.4) is 0 Å². The number of benzene rings is 1. The molecule has 7 rings (SSSR count). The van der Waals surface area contributed by atoms with Crippen molar-refractivity contribution in [1.29, 1.82) is 0 Å². The van der Waals surface area contributed by atoms with Gasteiger partial charge in [-0.25, -0.2) is 14.4 Å². The second kappa shape index (κ2) is 13.6. The number of nitrogens with zero attached hydrogens (tertiary/aromatic N) is 6. The Labute approximate surface area is 281 Å². The summed E-state index contributed by atoms with van der Waals surface area (Å²) < 4.78 is 33.2. The van der Waals surface area contributed by atoms with Crippen molar-refractivity contribution in [3.8, 4) is 17.2 Å². The molecule has 4 aliphatic rings. The maximum atomic E-state index is 14.3. The van der Waals surface area contributed by atoms with E-state index in [1.807, 2.05) is 33.0 Å². The molecule has 48 heavy (non-hydrogen) atoms. The molecule has 3 aliphatic heterocycles. The average Bonchev–Trinajstić information content (AvgIpc) is 3.04. The number of morpholine rings is 1. The molecular weight excluding hydrogens is 613 g/mol. The highest BCUT2D eigenvalue weighted by atomic mass is 19.1. The number of carbonyl (C=O) groups excluding carboxylic acids is 1. The first kappa shape index (κ1) is 32.7. The number of anilines is 1. The summed E-state index contributed by atoms with van der Waals surface area (Å²) >= 11 is 0. The number of carbonyl (C=O) groups is 1. The fourth-order valence-electron chi connectivity index (χ4n) is 7.60. The van der Waals surface area contributed by atoms with Crippen LogP contribution in [0.15, 0.2) is 43.0 Å². The Morgan fingerprint density at radius 3 is 2.77 bits per heavy atom. The highest BCUT2D eigenvalue weighted by Crippen LogP contribution is 2.52. The normalized spacial score (nSPS) is 22.2. The Morgan fingerprint density at radius 2 is 2.02 bits per heavy atom. The van der Waals surface area contributed by atoms with Gasteiger partial charge in [-0.3, -0.25) is 14.7 Å². The minimum absolute atomic E-state index is 0.0383. The predicted molar refractivity (Wildman–Crippen MR) is 179 cm³/mol. The summed E-state index contributed by atoms with van der Waals surface area (Å²) in [7, 11) is 0. The molecule has 3 fully saturated rings. The van der Waals surface area contributed by atoms with Gasteiger partial charge < -0.3 is 29.3 Å². The topological polar surface area (TPSA) is 105 Å². The fraction of sp³-hybridized carbons (Fsp3) is 0.556. The smallest absolute Gasteiger partial charge is 0.257 e. The van der Waals surface area contributed by atoms with Gasteiger partial charge in [0.1, 0.15) is 29.7 Å². The maximum absolute atomic E-state index is 14.3. The van der Waals surface area contributed by atoms with Crippen LogP contribution >= 0.6 is 0 Å². The molecule has 12 heteroatoms. The third-order valence-electron chi connectivity index (χ3n) is 10.1. The van der Waals surface area contributed by atoms with E-state index < -0.39 is 5.82 Å². The second-order valence-electron chi connectivity index (χ2n) is 14.1. The van der Waals surface area contributed by atoms with Crippen molar-refractivity contribution < 1.29 is 23.4 Å². The first-order valence-electron chi connectivity index (χ1n) is 17.2. The van der Waals surface area contributed by atoms with Crippen LogP contribution in [0.2, 0.25) is 0 Å². The Kier molecular flexibility index (Phi) is 9.23. The number of nitrogens with one attached hydrogen (secondary N) is 1. The lowest BCUT2D eigenvalue weighted by atomic mass is 9.61. The monoisotopic (exact) mass is 659 g/mol. The van der Waals surface area contributed by atoms with E-state index in [0.29, 0.717) is 24.2 Å². The molecule has 11 nitrogen and oxygen atoms in total. The zero-order valence-corrected chi connectivity index (χ0v) is 28.3. The molecule has 2 saturated heterocycles. The van der Waals surface area contributed by atoms with Gasteiger partial charge in [0.05, 0.1) is 24.5 Å². The van der Waals surface area contributed by atoms with Crippen molar-refractivity contribution in [2.24, 2.45) is 5.41 Å². The van der Waals surface area contributed by atoms with Crippen molar-refractivity contribution in [3.63, 3.8) is 0 Å². The Balaban J connectivity index is 0.970. The average molecular weight is 660 g/mol. The van der Waals surface area contributed by atoms with Crippen LogP contribution in [0.25, 0.3) is 0 Å². The molecule has 5 heterocycles. The van der Waals surface area contributed by atoms with E-state index in [9.17, 15) is 9.18 Å². The summed E-state index contributed by atoms with van der Waals surface area (Å²) in [5.41, 5.74) is 2.67. The van der Waals surface area contributed by atoms with Crippen LogP contribution in [0.1, 0.15) is 62.2 Å². The number of hydrogen-bond donors (Lipinski definition) is 1. The zero-order valence-electron chi connectivity index (χ0n) is 28.3. The van der Waals surface area contributed by atoms with Gasteiger partial charge >= 0.3 is 0 Å². The van der Waals surface area contributed by atoms with Crippen molar-refractivity contribution in [1.82, 2.24) is 30.1 Å². The maximum Gasteiger partial charge on any atom is 0.257 e. The standard InChI is InChI=1S/C36H46FN7O4/c1-5-44(23(2)3)35(45)28-12-25(37)6-7-31(28)48-33-16-38-22-41-34(33)43-20-36(21-43)13-26(14-36)47-32-8-10-39-30-9-11-42(18-29(30)32)17-27-15-40-24(4)19-46-27/h6-8,10,12,16,22-24,26-27,40H,5,9,11,13-15,17-21H2,1-4H3/t24-,27-/m0/s1. The molecule has 1 aliphatic carbocycles. The second-order valence-corrected chi connectivity index (χ2v) is 14.1. The molecule has 1 aromatic carbocycles. The summed E-state index contributed by atoms with van der Waals surface area (Å²) in [6, 6.07) is 6.42. The number of hydrogen-bond acceptors (Lipinski definition) is 10. The van der Waals surface area contributed by atoms with E-state index in [-0.39, 0.29) is 40.9 Å². The summed E-state index contributed by atoms with van der Waals surface area (Å²) in [6.45, 7) is 14.4. The van der Waals surface area contributed by atoms with Crippen molar-refractivity contribution >= 4 is 11.7 Å². The molecule has 2 atom stereocenters. The van der Waals surface area contributed by atoms with Crippen LogP contribution in [-0.2, 0) is 17.7 Å². The number of ether oxygens (including phenoxy) is 3. The highest BCUT2D eigenvalue weighted by molar-refractivity contribution is 5.97. The Morgan fingerprint density at radius 1 is 1.19 bits per heavy atom. The lowest BCUT2D eigenvalue weighted by Gasteiger charge is -2.59. The highest BCUT2D eigenvalue weighted by Gasteiger charge is 2.54. The molecule has 2 aromatic heterocycles. The molecule has 256 valence electrons. The van der Waals surface area contributed by atoms with Gasteiger partial charge in [-0.2, -0.15) is 0 Å². The number of halogens is 1. The van der Waals surface area contributed by atoms with Crippen molar-refractivity contribution in [3.05, 3.63) is 65.6 Å². The van der Waals surface area contributed by atoms with Gasteiger partial charge in [0, 0.05) is 87.2 Å². The first-order chi connectivity index (χ1) is 23.2. The Bertz CT molecular complexity index is 1620. The van der Waals surface area contributed by atoms with Crippen LogP contribution in [-0.4, -0.2) is 101 Å². The van der Waals surface area contributed by atoms with Gasteiger partial charge in [-0.05, 0) is 64.8 Å². The van der Waals surface area contributed by atoms with Crippen LogP contribution < -0.4 is 19.7 Å². The lowest BCUT2D eigenvalue weighted by molar-refractivity contribution is -0.0359. The predicted octanol–water partition coefficient (Wildman–Crippen LogP) is 4.46. The lowest BCUT2D eigenvalue weighted by Crippen LogP contribution is -2.65. The van der Waals surface area contributed by atoms with Crippen molar-refractivity contribution in [2.75, 3.05) is 50.8 Å². The van der Waals surface area contributed by atoms with Gasteiger partial charge in [0.2, 0.25) is 0 Å². The Hall–Kier alpha value is -3.87. The van der Waals surface area contributed by atoms with E-state index in [4.69, 9.17) is 14.2 Å². The van der Waals surface area contributed by atoms with E-state index in [2.05, 4.69) is 37.0 Å². The third kappa shape index (κ3) is 6.70. The van der Waals surface area contributed by atoms with Crippen LogP contribution in [0.4, 0.5) is 10.2 Å². The molecule has 1 amide bonds. The molecule has 0 bridgehead atoms. The van der Waals surface area contributed by atoms with E-state index in [0.717, 1.165) is 76.6 Å². The van der Waals surface area contributed by atoms with Crippen LogP contribution in [0, 0.1) is 11.2 Å². The minimum atomic E-state index is -0.493. The summed E-state index contributed by atoms with van der Waals surface area (Å²) in [5, 5.41) is 3.52. The molecule has 0 radical (unpaired) electrons. The number of amides is 1. The van der Waals surface area contributed by atoms with E-state index in [1.54, 1.807) is 11.1 Å². The van der Waals surface area contributed by atoms with Gasteiger partial charge in [0.15, 0.2) is 11.6 Å². The molecule has 1 spiro atoms. The number of rotatable bonds is 10. The third-order valence-corrected chi connectivity index (χ3v) is 10.1. The van der Waals surface area contributed by atoms with E-state index in [1.165, 1.54) is 30.1 Å². The minimum Gasteiger partial charge on any atom is -0.490 e. The molecule has 1 N–H and O–H groups in total.